The first kappa shape index (κ1) is 19.4. The molecular weight excluding hydrogens is 307 g/mol. The average molecular weight is 331 g/mol. The largest absolute Gasteiger partial charge is 0.416 e. The molecule has 1 aromatic rings. The normalized spacial score (nSPS) is 12.5. The Morgan fingerprint density at radius 2 is 1.61 bits per heavy atom. The number of oxime groups is 1. The summed E-state index contributed by atoms with van der Waals surface area (Å²) in [7, 11) is 0. The Hall–Kier alpha value is -1.60. The summed E-state index contributed by atoms with van der Waals surface area (Å²) in [5.74, 6) is 0. The highest BCUT2D eigenvalue weighted by atomic mass is 19.4. The number of hydrogen-bond donors (Lipinski definition) is 2. The molecule has 0 fully saturated rings. The van der Waals surface area contributed by atoms with Crippen LogP contribution in [-0.2, 0) is 11.0 Å². The predicted octanol–water partition coefficient (Wildman–Crippen LogP) is 3.29. The number of nitrogens with zero attached hydrogens (tertiary/aromatic N) is 1. The maximum atomic E-state index is 12.6. The Kier molecular flexibility index (Phi) is 8.65. The van der Waals surface area contributed by atoms with Gasteiger partial charge in [-0.25, -0.2) is 0 Å². The van der Waals surface area contributed by atoms with Gasteiger partial charge in [-0.15, -0.1) is 0 Å². The molecule has 0 aliphatic carbocycles. The lowest BCUT2D eigenvalue weighted by Gasteiger charge is -2.10. The summed E-state index contributed by atoms with van der Waals surface area (Å²) < 4.78 is 37.8. The summed E-state index contributed by atoms with van der Waals surface area (Å²) in [6.45, 7) is 1.27. The van der Waals surface area contributed by atoms with E-state index < -0.39 is 11.7 Å². The molecule has 0 unspecified atom stereocenters. The van der Waals surface area contributed by atoms with Gasteiger partial charge in [0.1, 0.15) is 6.61 Å². The molecule has 0 saturated carbocycles. The molecule has 0 amide bonds. The van der Waals surface area contributed by atoms with Crippen molar-refractivity contribution < 1.29 is 18.0 Å². The molecule has 0 atom stereocenters. The van der Waals surface area contributed by atoms with E-state index >= 15 is 0 Å². The van der Waals surface area contributed by atoms with Crippen LogP contribution in [0.4, 0.5) is 13.2 Å². The minimum Gasteiger partial charge on any atom is -0.394 e. The minimum atomic E-state index is -4.34. The van der Waals surface area contributed by atoms with E-state index in [-0.39, 0.29) is 6.61 Å². The van der Waals surface area contributed by atoms with Crippen LogP contribution in [0.1, 0.15) is 43.2 Å². The second kappa shape index (κ2) is 10.2. The van der Waals surface area contributed by atoms with Crippen molar-refractivity contribution in [1.82, 2.24) is 0 Å². The first-order valence-electron chi connectivity index (χ1n) is 7.75. The Morgan fingerprint density at radius 3 is 2.17 bits per heavy atom. The molecule has 0 spiro atoms. The van der Waals surface area contributed by atoms with Gasteiger partial charge in [0, 0.05) is 6.54 Å². The van der Waals surface area contributed by atoms with Crippen molar-refractivity contribution in [1.29, 1.82) is 0 Å². The molecule has 0 saturated heterocycles. The Bertz CT molecular complexity index is 472. The van der Waals surface area contributed by atoms with Crippen LogP contribution in [0.15, 0.2) is 29.4 Å². The molecule has 4 nitrogen and oxygen atoms in total. The molecule has 23 heavy (non-hydrogen) atoms. The van der Waals surface area contributed by atoms with E-state index in [1.807, 2.05) is 0 Å². The maximum Gasteiger partial charge on any atom is 0.416 e. The zero-order valence-electron chi connectivity index (χ0n) is 13.1. The number of halogens is 3. The Balaban J connectivity index is 2.72. The van der Waals surface area contributed by atoms with Crippen LogP contribution in [-0.4, -0.2) is 25.4 Å². The Labute approximate surface area is 134 Å². The van der Waals surface area contributed by atoms with Gasteiger partial charge >= 0.3 is 6.18 Å². The number of rotatable bonds is 10. The smallest absolute Gasteiger partial charge is 0.394 e. The van der Waals surface area contributed by atoms with Gasteiger partial charge in [-0.05, 0) is 43.5 Å². The van der Waals surface area contributed by atoms with Crippen molar-refractivity contribution in [3.05, 3.63) is 35.4 Å². The molecule has 0 aromatic heterocycles. The van der Waals surface area contributed by atoms with Crippen LogP contribution < -0.4 is 11.5 Å². The van der Waals surface area contributed by atoms with Gasteiger partial charge in [-0.3, -0.25) is 0 Å². The monoisotopic (exact) mass is 331 g/mol. The molecule has 130 valence electrons. The van der Waals surface area contributed by atoms with Crippen molar-refractivity contribution in [3.8, 4) is 0 Å². The minimum absolute atomic E-state index is 0.275. The van der Waals surface area contributed by atoms with E-state index in [9.17, 15) is 13.2 Å². The van der Waals surface area contributed by atoms with Crippen LogP contribution in [0.25, 0.3) is 0 Å². The second-order valence-corrected chi connectivity index (χ2v) is 5.19. The number of benzene rings is 1. The van der Waals surface area contributed by atoms with Crippen molar-refractivity contribution in [3.63, 3.8) is 0 Å². The predicted molar refractivity (Wildman–Crippen MR) is 85.1 cm³/mol. The molecule has 7 heteroatoms. The summed E-state index contributed by atoms with van der Waals surface area (Å²) in [5.41, 5.74) is 11.4. The zero-order valence-corrected chi connectivity index (χ0v) is 13.1. The van der Waals surface area contributed by atoms with Crippen molar-refractivity contribution >= 4 is 5.71 Å². The van der Waals surface area contributed by atoms with Gasteiger partial charge in [-0.2, -0.15) is 13.2 Å². The topological polar surface area (TPSA) is 73.6 Å². The first-order chi connectivity index (χ1) is 11.0. The number of nitrogens with two attached hydrogens (primary N) is 2. The van der Waals surface area contributed by atoms with Crippen LogP contribution in [0.5, 0.6) is 0 Å². The third-order valence-electron chi connectivity index (χ3n) is 3.30. The maximum absolute atomic E-state index is 12.6. The van der Waals surface area contributed by atoms with Crippen LogP contribution in [0, 0.1) is 0 Å². The fourth-order valence-electron chi connectivity index (χ4n) is 2.06. The van der Waals surface area contributed by atoms with Gasteiger partial charge in [-0.1, -0.05) is 30.1 Å². The van der Waals surface area contributed by atoms with Gasteiger partial charge in [0.25, 0.3) is 0 Å². The standard InChI is InChI=1S/C16H24F3N3O/c17-16(18,19)14-8-6-13(7-9-14)15(22-23-12-11-21)5-3-1-2-4-10-20/h6-9H,1-5,10-12,20-21H2. The van der Waals surface area contributed by atoms with Crippen LogP contribution in [0.2, 0.25) is 0 Å². The van der Waals surface area contributed by atoms with Crippen molar-refractivity contribution in [2.45, 2.75) is 38.3 Å². The molecule has 1 aromatic carbocycles. The third-order valence-corrected chi connectivity index (χ3v) is 3.30. The first-order valence-corrected chi connectivity index (χ1v) is 7.75. The highest BCUT2D eigenvalue weighted by Gasteiger charge is 2.30. The lowest BCUT2D eigenvalue weighted by Crippen LogP contribution is -2.09. The van der Waals surface area contributed by atoms with Crippen LogP contribution in [0.3, 0.4) is 0 Å². The molecule has 0 aliphatic heterocycles. The SMILES string of the molecule is NCCCCCCC(=NOCCN)c1ccc(C(F)(F)F)cc1. The molecule has 0 radical (unpaired) electrons. The average Bonchev–Trinajstić information content (AvgIpc) is 2.52. The molecule has 1 rings (SSSR count). The number of unbranched alkanes of at least 4 members (excludes halogenated alkanes) is 3. The highest BCUT2D eigenvalue weighted by molar-refractivity contribution is 6.00. The van der Waals surface area contributed by atoms with Gasteiger partial charge < -0.3 is 16.3 Å². The van der Waals surface area contributed by atoms with E-state index in [2.05, 4.69) is 5.16 Å². The van der Waals surface area contributed by atoms with E-state index in [0.29, 0.717) is 30.8 Å². The Morgan fingerprint density at radius 1 is 0.957 bits per heavy atom. The third kappa shape index (κ3) is 7.47. The summed E-state index contributed by atoms with van der Waals surface area (Å²) in [6.07, 6.45) is 0.172. The number of alkyl halides is 3. The molecule has 0 heterocycles. The van der Waals surface area contributed by atoms with Crippen LogP contribution >= 0.6 is 0 Å². The highest BCUT2D eigenvalue weighted by Crippen LogP contribution is 2.29. The molecular formula is C16H24F3N3O. The second-order valence-electron chi connectivity index (χ2n) is 5.19. The van der Waals surface area contributed by atoms with Gasteiger partial charge in [0.2, 0.25) is 0 Å². The summed E-state index contributed by atoms with van der Waals surface area (Å²) in [6, 6.07) is 4.96. The zero-order chi connectivity index (χ0) is 17.1. The fraction of sp³-hybridized carbons (Fsp3) is 0.562. The lowest BCUT2D eigenvalue weighted by atomic mass is 10.0. The van der Waals surface area contributed by atoms with E-state index in [1.165, 1.54) is 12.1 Å². The van der Waals surface area contributed by atoms with Crippen molar-refractivity contribution in [2.75, 3.05) is 19.7 Å². The van der Waals surface area contributed by atoms with E-state index in [4.69, 9.17) is 16.3 Å². The molecule has 0 bridgehead atoms. The van der Waals surface area contributed by atoms with E-state index in [0.717, 1.165) is 37.8 Å². The molecule has 0 aliphatic rings. The number of hydrogen-bond acceptors (Lipinski definition) is 4. The lowest BCUT2D eigenvalue weighted by molar-refractivity contribution is -0.137. The summed E-state index contributed by atoms with van der Waals surface area (Å²) in [4.78, 5) is 5.10. The van der Waals surface area contributed by atoms with Gasteiger partial charge in [0.05, 0.1) is 11.3 Å². The summed E-state index contributed by atoms with van der Waals surface area (Å²) >= 11 is 0. The van der Waals surface area contributed by atoms with Crippen molar-refractivity contribution in [2.24, 2.45) is 16.6 Å². The summed E-state index contributed by atoms with van der Waals surface area (Å²) in [5, 5.41) is 4.02. The molecule has 4 N–H and O–H groups in total. The van der Waals surface area contributed by atoms with Gasteiger partial charge in [0.15, 0.2) is 0 Å². The quantitative estimate of drug-likeness (QED) is 0.392. The fourth-order valence-corrected chi connectivity index (χ4v) is 2.06. The van der Waals surface area contributed by atoms with E-state index in [1.54, 1.807) is 0 Å².